The van der Waals surface area contributed by atoms with Gasteiger partial charge < -0.3 is 4.42 Å². The van der Waals surface area contributed by atoms with E-state index in [1.165, 1.54) is 0 Å². The molecule has 0 saturated carbocycles. The van der Waals surface area contributed by atoms with E-state index < -0.39 is 0 Å². The highest BCUT2D eigenvalue weighted by Crippen LogP contribution is 2.27. The molecule has 2 aromatic carbocycles. The van der Waals surface area contributed by atoms with Gasteiger partial charge in [0, 0.05) is 16.7 Å². The van der Waals surface area contributed by atoms with Gasteiger partial charge in [-0.25, -0.2) is 4.98 Å². The zero-order valence-electron chi connectivity index (χ0n) is 14.0. The maximum absolute atomic E-state index is 5.82. The Morgan fingerprint density at radius 2 is 1.65 bits per heavy atom. The molecule has 0 radical (unpaired) electrons. The van der Waals surface area contributed by atoms with Gasteiger partial charge in [-0.15, -0.1) is 16.6 Å². The molecule has 0 aliphatic carbocycles. The van der Waals surface area contributed by atoms with Gasteiger partial charge in [0.1, 0.15) is 5.69 Å². The van der Waals surface area contributed by atoms with E-state index in [9.17, 15) is 0 Å². The van der Waals surface area contributed by atoms with Crippen molar-refractivity contribution in [3.63, 3.8) is 0 Å². The summed E-state index contributed by atoms with van der Waals surface area (Å²) in [4.78, 5) is 9.10. The fourth-order valence-corrected chi connectivity index (χ4v) is 2.63. The van der Waals surface area contributed by atoms with E-state index in [0.717, 1.165) is 16.7 Å². The van der Waals surface area contributed by atoms with Crippen molar-refractivity contribution in [3.05, 3.63) is 72.1 Å². The van der Waals surface area contributed by atoms with Crippen LogP contribution in [0, 0.1) is 19.3 Å². The number of terminal acetylenes is 1. The Labute approximate surface area is 150 Å². The first-order chi connectivity index (χ1) is 12.8. The molecule has 0 fully saturated rings. The average molecular weight is 338 g/mol. The molecular weight excluding hydrogens is 324 g/mol. The second-order valence-corrected chi connectivity index (χ2v) is 5.66. The van der Waals surface area contributed by atoms with Gasteiger partial charge in [-0.2, -0.15) is 0 Å². The van der Waals surface area contributed by atoms with E-state index in [1.54, 1.807) is 6.20 Å². The largest absolute Gasteiger partial charge is 0.415 e. The lowest BCUT2D eigenvalue weighted by molar-refractivity contribution is 0.581. The quantitative estimate of drug-likeness (QED) is 0.525. The Kier molecular flexibility index (Phi) is 4.00. The van der Waals surface area contributed by atoms with Gasteiger partial charge in [0.15, 0.2) is 0 Å². The smallest absolute Gasteiger partial charge is 0.268 e. The van der Waals surface area contributed by atoms with E-state index in [-0.39, 0.29) is 0 Å². The van der Waals surface area contributed by atoms with Gasteiger partial charge in [0.25, 0.3) is 5.89 Å². The molecule has 0 spiro atoms. The molecule has 0 bridgehead atoms. The number of nitrogens with zero attached hydrogens (tertiary/aromatic N) is 4. The third-order valence-corrected chi connectivity index (χ3v) is 3.96. The van der Waals surface area contributed by atoms with Crippen LogP contribution in [-0.4, -0.2) is 20.2 Å². The average Bonchev–Trinajstić information content (AvgIpc) is 3.19. The fraction of sp³-hybridized carbons (Fsp3) is 0.0476. The van der Waals surface area contributed by atoms with E-state index in [0.29, 0.717) is 28.9 Å². The summed E-state index contributed by atoms with van der Waals surface area (Å²) in [5, 5.41) is 8.26. The monoisotopic (exact) mass is 338 g/mol. The van der Waals surface area contributed by atoms with Crippen LogP contribution in [-0.2, 0) is 0 Å². The van der Waals surface area contributed by atoms with Gasteiger partial charge in [-0.3, -0.25) is 4.98 Å². The number of aryl methyl sites for hydroxylation is 1. The minimum Gasteiger partial charge on any atom is -0.415 e. The maximum Gasteiger partial charge on any atom is 0.268 e. The SMILES string of the molecule is C#Cc1ccccc1-c1cnc(C)c(-c2nnc(-c3ccccc3)o2)n1. The highest BCUT2D eigenvalue weighted by molar-refractivity contribution is 5.69. The molecule has 0 amide bonds. The third kappa shape index (κ3) is 2.85. The van der Waals surface area contributed by atoms with Crippen LogP contribution in [0.5, 0.6) is 0 Å². The van der Waals surface area contributed by atoms with Crippen LogP contribution in [0.15, 0.2) is 65.2 Å². The van der Waals surface area contributed by atoms with Gasteiger partial charge in [-0.1, -0.05) is 42.3 Å². The minimum absolute atomic E-state index is 0.328. The number of rotatable bonds is 3. The molecule has 26 heavy (non-hydrogen) atoms. The topological polar surface area (TPSA) is 64.7 Å². The minimum atomic E-state index is 0.328. The van der Waals surface area contributed by atoms with Crippen molar-refractivity contribution < 1.29 is 4.42 Å². The summed E-state index contributed by atoms with van der Waals surface area (Å²) in [5.41, 5.74) is 4.36. The summed E-state index contributed by atoms with van der Waals surface area (Å²) in [5.74, 6) is 3.44. The lowest BCUT2D eigenvalue weighted by Gasteiger charge is -2.06. The molecule has 5 nitrogen and oxygen atoms in total. The first-order valence-corrected chi connectivity index (χ1v) is 8.05. The summed E-state index contributed by atoms with van der Waals surface area (Å²) >= 11 is 0. The van der Waals surface area contributed by atoms with Crippen LogP contribution < -0.4 is 0 Å². The Balaban J connectivity index is 1.79. The first kappa shape index (κ1) is 15.7. The van der Waals surface area contributed by atoms with E-state index in [4.69, 9.17) is 10.8 Å². The van der Waals surface area contributed by atoms with Gasteiger partial charge in [0.2, 0.25) is 5.89 Å². The van der Waals surface area contributed by atoms with Crippen molar-refractivity contribution >= 4 is 0 Å². The number of hydrogen-bond acceptors (Lipinski definition) is 5. The summed E-state index contributed by atoms with van der Waals surface area (Å²) in [7, 11) is 0. The molecule has 4 rings (SSSR count). The van der Waals surface area contributed by atoms with Gasteiger partial charge >= 0.3 is 0 Å². The molecule has 0 atom stereocenters. The number of benzene rings is 2. The van der Waals surface area contributed by atoms with Crippen molar-refractivity contribution in [3.8, 4) is 46.6 Å². The molecule has 0 saturated heterocycles. The van der Waals surface area contributed by atoms with Gasteiger partial charge in [-0.05, 0) is 25.1 Å². The molecule has 124 valence electrons. The molecule has 5 heteroatoms. The standard InChI is InChI=1S/C21H14N4O/c1-3-15-9-7-8-12-17(15)18-13-22-14(2)19(23-18)21-25-24-20(26-21)16-10-5-4-6-11-16/h1,4-13H,2H3. The second-order valence-electron chi connectivity index (χ2n) is 5.66. The first-order valence-electron chi connectivity index (χ1n) is 8.05. The van der Waals surface area contributed by atoms with Gasteiger partial charge in [0.05, 0.1) is 17.6 Å². The molecule has 0 unspecified atom stereocenters. The van der Waals surface area contributed by atoms with Crippen LogP contribution in [0.3, 0.4) is 0 Å². The van der Waals surface area contributed by atoms with Crippen LogP contribution in [0.1, 0.15) is 11.3 Å². The predicted octanol–water partition coefficient (Wildman–Crippen LogP) is 4.15. The normalized spacial score (nSPS) is 10.5. The summed E-state index contributed by atoms with van der Waals surface area (Å²) in [6, 6.07) is 17.2. The van der Waals surface area contributed by atoms with E-state index in [1.807, 2.05) is 61.5 Å². The highest BCUT2D eigenvalue weighted by atomic mass is 16.4. The molecular formula is C21H14N4O. The Morgan fingerprint density at radius 1 is 0.923 bits per heavy atom. The molecule has 2 aromatic heterocycles. The van der Waals surface area contributed by atoms with Crippen LogP contribution in [0.2, 0.25) is 0 Å². The van der Waals surface area contributed by atoms with Crippen LogP contribution in [0.25, 0.3) is 34.3 Å². The fourth-order valence-electron chi connectivity index (χ4n) is 2.63. The van der Waals surface area contributed by atoms with E-state index in [2.05, 4.69) is 26.1 Å². The Bertz CT molecular complexity index is 1110. The summed E-state index contributed by atoms with van der Waals surface area (Å²) in [6.45, 7) is 1.85. The van der Waals surface area contributed by atoms with Crippen LogP contribution >= 0.6 is 0 Å². The molecule has 0 aliphatic rings. The lowest BCUT2D eigenvalue weighted by Crippen LogP contribution is -1.96. The molecule has 2 heterocycles. The van der Waals surface area contributed by atoms with Crippen molar-refractivity contribution in [2.45, 2.75) is 6.92 Å². The zero-order chi connectivity index (χ0) is 17.9. The lowest BCUT2D eigenvalue weighted by atomic mass is 10.1. The summed E-state index contributed by atoms with van der Waals surface area (Å²) in [6.07, 6.45) is 7.29. The molecule has 4 aromatic rings. The molecule has 0 aliphatic heterocycles. The molecule has 0 N–H and O–H groups in total. The third-order valence-electron chi connectivity index (χ3n) is 3.96. The van der Waals surface area contributed by atoms with Crippen molar-refractivity contribution in [1.82, 2.24) is 20.2 Å². The van der Waals surface area contributed by atoms with Crippen molar-refractivity contribution in [1.29, 1.82) is 0 Å². The highest BCUT2D eigenvalue weighted by Gasteiger charge is 2.16. The van der Waals surface area contributed by atoms with E-state index >= 15 is 0 Å². The summed E-state index contributed by atoms with van der Waals surface area (Å²) < 4.78 is 5.82. The number of aromatic nitrogens is 4. The predicted molar refractivity (Wildman–Crippen MR) is 98.9 cm³/mol. The van der Waals surface area contributed by atoms with Crippen LogP contribution in [0.4, 0.5) is 0 Å². The second kappa shape index (κ2) is 6.61. The Hall–Kier alpha value is -3.78. The van der Waals surface area contributed by atoms with Crippen molar-refractivity contribution in [2.24, 2.45) is 0 Å². The van der Waals surface area contributed by atoms with Crippen molar-refractivity contribution in [2.75, 3.05) is 0 Å². The zero-order valence-corrected chi connectivity index (χ0v) is 14.0. The number of hydrogen-bond donors (Lipinski definition) is 0. The maximum atomic E-state index is 5.82. The Morgan fingerprint density at radius 3 is 2.46 bits per heavy atom.